The lowest BCUT2D eigenvalue weighted by molar-refractivity contribution is -0.157. The second kappa shape index (κ2) is 20.0. The number of morpholine rings is 2. The van der Waals surface area contributed by atoms with Crippen LogP contribution in [-0.2, 0) is 72.4 Å². The van der Waals surface area contributed by atoms with Crippen LogP contribution >= 0.6 is 0 Å². The van der Waals surface area contributed by atoms with E-state index in [1.807, 2.05) is 33.0 Å². The largest absolute Gasteiger partial charge is 0.481 e. The highest BCUT2D eigenvalue weighted by Crippen LogP contribution is 2.34. The Kier molecular flexibility index (Phi) is 13.9. The summed E-state index contributed by atoms with van der Waals surface area (Å²) in [5, 5.41) is 18.9. The molecule has 4 unspecified atom stereocenters. The second-order valence-electron chi connectivity index (χ2n) is 19.0. The van der Waals surface area contributed by atoms with Crippen molar-refractivity contribution in [3.63, 3.8) is 0 Å². The summed E-state index contributed by atoms with van der Waals surface area (Å²) in [5.41, 5.74) is 8.36. The number of halogens is 2. The first-order valence-electron chi connectivity index (χ1n) is 23.4. The highest BCUT2D eigenvalue weighted by atomic mass is 19.1. The summed E-state index contributed by atoms with van der Waals surface area (Å²) < 4.78 is 46.8. The van der Waals surface area contributed by atoms with Gasteiger partial charge in [-0.2, -0.15) is 10.2 Å². The Hall–Kier alpha value is -5.56. The molecule has 6 aliphatic rings. The van der Waals surface area contributed by atoms with Crippen LogP contribution in [0.1, 0.15) is 70.7 Å². The summed E-state index contributed by atoms with van der Waals surface area (Å²) in [6, 6.07) is 12.9. The van der Waals surface area contributed by atoms with Gasteiger partial charge in [-0.1, -0.05) is 24.3 Å². The first-order valence-corrected chi connectivity index (χ1v) is 23.4. The van der Waals surface area contributed by atoms with Crippen LogP contribution in [0.4, 0.5) is 8.78 Å². The number of hydrogen-bond acceptors (Lipinski definition) is 11. The number of piperidine rings is 2. The van der Waals surface area contributed by atoms with E-state index in [-0.39, 0.29) is 72.0 Å². The maximum Gasteiger partial charge on any atom is 0.308 e. The number of esters is 1. The van der Waals surface area contributed by atoms with Gasteiger partial charge in [0.15, 0.2) is 0 Å². The second-order valence-corrected chi connectivity index (χ2v) is 19.0. The number of aliphatic carboxylic acids is 1. The number of benzene rings is 2. The Labute approximate surface area is 388 Å². The molecule has 0 radical (unpaired) electrons. The molecule has 6 aliphatic heterocycles. The maximum absolute atomic E-state index is 13.4. The normalized spacial score (nSPS) is 24.8. The van der Waals surface area contributed by atoms with Gasteiger partial charge < -0.3 is 29.1 Å². The van der Waals surface area contributed by atoms with Crippen LogP contribution in [0.3, 0.4) is 0 Å². The topological polar surface area (TPSA) is 165 Å². The summed E-state index contributed by atoms with van der Waals surface area (Å²) in [6.45, 7) is 10.0. The number of amides is 2. The van der Waals surface area contributed by atoms with Crippen molar-refractivity contribution in [3.05, 3.63) is 105 Å². The zero-order chi connectivity index (χ0) is 46.9. The summed E-state index contributed by atoms with van der Waals surface area (Å²) in [4.78, 5) is 58.4. The maximum atomic E-state index is 13.4. The molecule has 18 heteroatoms. The van der Waals surface area contributed by atoms with E-state index < -0.39 is 5.97 Å². The molecule has 358 valence electrons. The van der Waals surface area contributed by atoms with E-state index >= 15 is 0 Å². The number of fused-ring (bicyclic) bond motifs is 6. The average molecular weight is 927 g/mol. The molecule has 4 aromatic rings. The van der Waals surface area contributed by atoms with Crippen LogP contribution in [0.15, 0.2) is 48.5 Å². The fourth-order valence-corrected chi connectivity index (χ4v) is 11.1. The van der Waals surface area contributed by atoms with Crippen molar-refractivity contribution in [3.8, 4) is 0 Å². The number of methoxy groups -OCH3 is 1. The van der Waals surface area contributed by atoms with E-state index in [9.17, 15) is 33.1 Å². The van der Waals surface area contributed by atoms with Crippen molar-refractivity contribution in [1.29, 1.82) is 0 Å². The summed E-state index contributed by atoms with van der Waals surface area (Å²) in [6.07, 6.45) is 3.89. The van der Waals surface area contributed by atoms with Crippen LogP contribution in [0.25, 0.3) is 0 Å². The van der Waals surface area contributed by atoms with E-state index in [4.69, 9.17) is 24.4 Å². The Bertz CT molecular complexity index is 2430. The first kappa shape index (κ1) is 46.5. The van der Waals surface area contributed by atoms with E-state index in [1.165, 1.54) is 42.5 Å². The Morgan fingerprint density at radius 2 is 1.03 bits per heavy atom. The lowest BCUT2D eigenvalue weighted by Gasteiger charge is -2.48. The smallest absolute Gasteiger partial charge is 0.308 e. The van der Waals surface area contributed by atoms with Crippen molar-refractivity contribution in [2.75, 3.05) is 59.7 Å². The molecule has 4 atom stereocenters. The minimum absolute atomic E-state index is 0.0332. The Morgan fingerprint density at radius 1 is 0.642 bits per heavy atom. The molecular weight excluding hydrogens is 867 g/mol. The predicted molar refractivity (Wildman–Crippen MR) is 238 cm³/mol. The van der Waals surface area contributed by atoms with Gasteiger partial charge in [-0.25, -0.2) is 8.78 Å². The van der Waals surface area contributed by atoms with Crippen LogP contribution in [0.5, 0.6) is 0 Å². The Morgan fingerprint density at radius 3 is 1.40 bits per heavy atom. The standard InChI is InChI=1S/C25H31FN4O4.C24H29FN4O4/c1-16-22-7-8-28(12-23(22)30(27-16)11-17-3-5-19(26)6-4-17)24(31)13-29-20-9-18(25(32)33-2)10-21(29)15-34-14-20;1-15-21-6-7-27(11-22(21)29(26-15)10-16-2-4-18(25)5-3-16)23(30)12-28-19-8-17(24(31)32)9-20(28)14-33-13-19/h3-6,18,20-21H,7-15H2,1-2H3;2-5,17,19-20H,6-14H2,1H3,(H,31,32). The van der Waals surface area contributed by atoms with E-state index in [1.54, 1.807) is 24.3 Å². The number of rotatable bonds is 10. The van der Waals surface area contributed by atoms with Gasteiger partial charge in [0, 0.05) is 37.3 Å². The van der Waals surface area contributed by atoms with Gasteiger partial charge in [0.25, 0.3) is 0 Å². The number of carboxylic acid groups (broad SMARTS) is 1. The van der Waals surface area contributed by atoms with Crippen LogP contribution in [-0.4, -0.2) is 152 Å². The molecule has 1 N–H and O–H groups in total. The van der Waals surface area contributed by atoms with Crippen molar-refractivity contribution in [1.82, 2.24) is 39.2 Å². The van der Waals surface area contributed by atoms with E-state index in [2.05, 4.69) is 9.80 Å². The van der Waals surface area contributed by atoms with Gasteiger partial charge in [-0.3, -0.25) is 38.3 Å². The monoisotopic (exact) mass is 926 g/mol. The molecule has 2 aromatic heterocycles. The molecule has 4 saturated heterocycles. The molecule has 4 bridgehead atoms. The van der Waals surface area contributed by atoms with Crippen LogP contribution in [0, 0.1) is 37.3 Å². The number of aryl methyl sites for hydroxylation is 2. The first-order chi connectivity index (χ1) is 32.3. The number of nitrogens with zero attached hydrogens (tertiary/aromatic N) is 8. The zero-order valence-corrected chi connectivity index (χ0v) is 38.4. The molecule has 2 amide bonds. The number of aromatic nitrogens is 4. The number of carbonyl (C=O) groups excluding carboxylic acids is 3. The molecule has 0 aliphatic carbocycles. The number of ether oxygens (including phenoxy) is 3. The summed E-state index contributed by atoms with van der Waals surface area (Å²) >= 11 is 0. The molecular formula is C49H60F2N8O8. The lowest BCUT2D eigenvalue weighted by atomic mass is 9.85. The van der Waals surface area contributed by atoms with Crippen molar-refractivity contribution in [2.45, 2.75) is 103 Å². The zero-order valence-electron chi connectivity index (χ0n) is 38.4. The molecule has 2 aromatic carbocycles. The molecule has 8 heterocycles. The van der Waals surface area contributed by atoms with Crippen molar-refractivity contribution >= 4 is 23.8 Å². The molecule has 10 rings (SSSR count). The fourth-order valence-electron chi connectivity index (χ4n) is 11.1. The predicted octanol–water partition coefficient (Wildman–Crippen LogP) is 3.74. The molecule has 67 heavy (non-hydrogen) atoms. The third-order valence-electron chi connectivity index (χ3n) is 14.7. The molecule has 16 nitrogen and oxygen atoms in total. The van der Waals surface area contributed by atoms with Gasteiger partial charge in [-0.15, -0.1) is 0 Å². The molecule has 0 spiro atoms. The van der Waals surface area contributed by atoms with Crippen molar-refractivity contribution in [2.24, 2.45) is 11.8 Å². The molecule has 4 fully saturated rings. The van der Waals surface area contributed by atoms with Crippen LogP contribution < -0.4 is 0 Å². The highest BCUT2D eigenvalue weighted by molar-refractivity contribution is 5.79. The van der Waals surface area contributed by atoms with Gasteiger partial charge in [0.1, 0.15) is 11.6 Å². The third-order valence-corrected chi connectivity index (χ3v) is 14.7. The van der Waals surface area contributed by atoms with E-state index in [0.717, 1.165) is 46.7 Å². The van der Waals surface area contributed by atoms with Gasteiger partial charge >= 0.3 is 11.9 Å². The van der Waals surface area contributed by atoms with Gasteiger partial charge in [0.05, 0.1) is 107 Å². The summed E-state index contributed by atoms with van der Waals surface area (Å²) in [7, 11) is 1.43. The number of hydrogen-bond donors (Lipinski definition) is 1. The number of carboxylic acids is 1. The number of carbonyl (C=O) groups is 4. The lowest BCUT2D eigenvalue weighted by Crippen LogP contribution is -2.60. The molecule has 0 saturated carbocycles. The summed E-state index contributed by atoms with van der Waals surface area (Å²) in [5.74, 6) is -1.80. The quantitative estimate of drug-likeness (QED) is 0.230. The van der Waals surface area contributed by atoms with E-state index in [0.29, 0.717) is 97.9 Å². The Balaban J connectivity index is 0.000000168. The minimum Gasteiger partial charge on any atom is -0.481 e. The SMILES string of the molecule is COC(=O)C1CC2COCC(C1)N2CC(=O)N1CCc2c(C)nn(Cc3ccc(F)cc3)c2C1.Cc1nn(Cc2ccc(F)cc2)c2c1CCN(C(=O)CN1C3COCC1CC(C(=O)O)C3)C2. The van der Waals surface area contributed by atoms with Crippen molar-refractivity contribution < 1.29 is 47.3 Å². The van der Waals surface area contributed by atoms with Gasteiger partial charge in [-0.05, 0) is 98.9 Å². The average Bonchev–Trinajstić information content (AvgIpc) is 3.80. The highest BCUT2D eigenvalue weighted by Gasteiger charge is 2.44. The third kappa shape index (κ3) is 10.2. The van der Waals surface area contributed by atoms with Gasteiger partial charge in [0.2, 0.25) is 11.8 Å². The van der Waals surface area contributed by atoms with Crippen LogP contribution in [0.2, 0.25) is 0 Å². The fraction of sp³-hybridized carbons (Fsp3) is 0.551. The minimum atomic E-state index is -0.758.